The predicted molar refractivity (Wildman–Crippen MR) is 54.9 cm³/mol. The summed E-state index contributed by atoms with van der Waals surface area (Å²) in [5, 5.41) is 6.44. The van der Waals surface area contributed by atoms with Gasteiger partial charge in [-0.2, -0.15) is 13.2 Å². The summed E-state index contributed by atoms with van der Waals surface area (Å²) in [7, 11) is 0. The number of rotatable bonds is 0. The fourth-order valence-electron chi connectivity index (χ4n) is 1.17. The highest BCUT2D eigenvalue weighted by Gasteiger charge is 2.31. The maximum absolute atomic E-state index is 12.1. The molecule has 0 aromatic carbocycles. The van der Waals surface area contributed by atoms with E-state index in [1.54, 1.807) is 0 Å². The maximum atomic E-state index is 12.1. The SMILES string of the molecule is C1CNCCN1.Fc1cncc(C(F)(F)F)c1. The molecule has 2 rings (SSSR count). The second kappa shape index (κ2) is 6.51. The van der Waals surface area contributed by atoms with Crippen molar-refractivity contribution in [1.29, 1.82) is 0 Å². The van der Waals surface area contributed by atoms with Crippen LogP contribution < -0.4 is 10.6 Å². The van der Waals surface area contributed by atoms with Gasteiger partial charge in [-0.25, -0.2) is 4.39 Å². The minimum absolute atomic E-state index is 0.396. The predicted octanol–water partition coefficient (Wildman–Crippen LogP) is 1.42. The molecule has 0 unspecified atom stereocenters. The van der Waals surface area contributed by atoms with Crippen LogP contribution in [0.25, 0.3) is 0 Å². The molecular formula is C10H13F4N3. The Labute approximate surface area is 96.2 Å². The van der Waals surface area contributed by atoms with E-state index < -0.39 is 17.6 Å². The highest BCUT2D eigenvalue weighted by Crippen LogP contribution is 2.28. The first kappa shape index (κ1) is 13.9. The van der Waals surface area contributed by atoms with Gasteiger partial charge in [-0.15, -0.1) is 0 Å². The van der Waals surface area contributed by atoms with E-state index in [1.807, 2.05) is 0 Å². The molecule has 2 heterocycles. The number of nitrogens with zero attached hydrogens (tertiary/aromatic N) is 1. The maximum Gasteiger partial charge on any atom is 0.417 e. The normalized spacial score (nSPS) is 16.0. The van der Waals surface area contributed by atoms with Crippen molar-refractivity contribution < 1.29 is 17.6 Å². The lowest BCUT2D eigenvalue weighted by Crippen LogP contribution is -2.39. The topological polar surface area (TPSA) is 37.0 Å². The number of hydrogen-bond donors (Lipinski definition) is 2. The Hall–Kier alpha value is -1.21. The number of aromatic nitrogens is 1. The highest BCUT2D eigenvalue weighted by molar-refractivity contribution is 5.13. The van der Waals surface area contributed by atoms with Gasteiger partial charge < -0.3 is 10.6 Å². The van der Waals surface area contributed by atoms with Gasteiger partial charge in [0.1, 0.15) is 5.82 Å². The van der Waals surface area contributed by atoms with E-state index in [0.717, 1.165) is 32.4 Å². The Bertz CT molecular complexity index is 325. The molecule has 0 bridgehead atoms. The van der Waals surface area contributed by atoms with E-state index >= 15 is 0 Å². The lowest BCUT2D eigenvalue weighted by atomic mass is 10.3. The fourth-order valence-corrected chi connectivity index (χ4v) is 1.17. The van der Waals surface area contributed by atoms with Crippen molar-refractivity contribution in [2.75, 3.05) is 26.2 Å². The molecule has 3 nitrogen and oxygen atoms in total. The van der Waals surface area contributed by atoms with Crippen molar-refractivity contribution in [2.45, 2.75) is 6.18 Å². The molecule has 1 aliphatic heterocycles. The van der Waals surface area contributed by atoms with Crippen LogP contribution in [-0.4, -0.2) is 31.2 Å². The first-order valence-electron chi connectivity index (χ1n) is 5.09. The molecule has 96 valence electrons. The molecule has 17 heavy (non-hydrogen) atoms. The number of nitrogens with one attached hydrogen (secondary N) is 2. The molecule has 0 radical (unpaired) electrons. The van der Waals surface area contributed by atoms with Gasteiger partial charge in [-0.3, -0.25) is 4.98 Å². The Balaban J connectivity index is 0.000000202. The van der Waals surface area contributed by atoms with Crippen molar-refractivity contribution in [3.8, 4) is 0 Å². The standard InChI is InChI=1S/C6H3F4N.C4H10N2/c7-5-1-4(2-11-3-5)6(8,9)10;1-2-6-4-3-5-1/h1-3H;5-6H,1-4H2. The third kappa shape index (κ3) is 5.60. The molecule has 0 aliphatic carbocycles. The second-order valence-corrected chi connectivity index (χ2v) is 3.39. The Kier molecular flexibility index (Phi) is 5.30. The lowest BCUT2D eigenvalue weighted by molar-refractivity contribution is -0.138. The van der Waals surface area contributed by atoms with E-state index in [2.05, 4.69) is 15.6 Å². The van der Waals surface area contributed by atoms with Gasteiger partial charge >= 0.3 is 6.18 Å². The summed E-state index contributed by atoms with van der Waals surface area (Å²) in [4.78, 5) is 3.06. The first-order valence-corrected chi connectivity index (χ1v) is 5.09. The van der Waals surface area contributed by atoms with E-state index in [4.69, 9.17) is 0 Å². The fraction of sp³-hybridized carbons (Fsp3) is 0.500. The zero-order chi connectivity index (χ0) is 12.7. The van der Waals surface area contributed by atoms with Gasteiger partial charge in [0, 0.05) is 32.4 Å². The quantitative estimate of drug-likeness (QED) is 0.685. The van der Waals surface area contributed by atoms with Crippen LogP contribution in [-0.2, 0) is 6.18 Å². The van der Waals surface area contributed by atoms with Gasteiger partial charge in [0.2, 0.25) is 0 Å². The van der Waals surface area contributed by atoms with Crippen molar-refractivity contribution in [3.63, 3.8) is 0 Å². The monoisotopic (exact) mass is 251 g/mol. The zero-order valence-corrected chi connectivity index (χ0v) is 9.02. The summed E-state index contributed by atoms with van der Waals surface area (Å²) >= 11 is 0. The third-order valence-corrected chi connectivity index (χ3v) is 1.99. The Morgan fingerprint density at radius 2 is 1.53 bits per heavy atom. The van der Waals surface area contributed by atoms with Crippen LogP contribution in [0.1, 0.15) is 5.56 Å². The van der Waals surface area contributed by atoms with E-state index in [-0.39, 0.29) is 0 Å². The van der Waals surface area contributed by atoms with Crippen molar-refractivity contribution in [2.24, 2.45) is 0 Å². The molecule has 1 aromatic heterocycles. The van der Waals surface area contributed by atoms with E-state index in [0.29, 0.717) is 12.3 Å². The van der Waals surface area contributed by atoms with Crippen LogP contribution in [0.15, 0.2) is 18.5 Å². The molecular weight excluding hydrogens is 238 g/mol. The average Bonchev–Trinajstić information content (AvgIpc) is 2.31. The van der Waals surface area contributed by atoms with Crippen LogP contribution in [0, 0.1) is 5.82 Å². The van der Waals surface area contributed by atoms with Crippen molar-refractivity contribution >= 4 is 0 Å². The van der Waals surface area contributed by atoms with Crippen LogP contribution in [0.2, 0.25) is 0 Å². The summed E-state index contributed by atoms with van der Waals surface area (Å²) in [5.41, 5.74) is -1.07. The van der Waals surface area contributed by atoms with Crippen molar-refractivity contribution in [1.82, 2.24) is 15.6 Å². The van der Waals surface area contributed by atoms with Gasteiger partial charge in [0.15, 0.2) is 0 Å². The number of pyridine rings is 1. The number of hydrogen-bond acceptors (Lipinski definition) is 3. The molecule has 0 amide bonds. The van der Waals surface area contributed by atoms with Gasteiger partial charge in [0.05, 0.1) is 11.8 Å². The van der Waals surface area contributed by atoms with Crippen LogP contribution >= 0.6 is 0 Å². The van der Waals surface area contributed by atoms with Gasteiger partial charge in [-0.05, 0) is 6.07 Å². The lowest BCUT2D eigenvalue weighted by Gasteiger charge is -2.11. The Morgan fingerprint density at radius 3 is 1.82 bits per heavy atom. The smallest absolute Gasteiger partial charge is 0.314 e. The van der Waals surface area contributed by atoms with Gasteiger partial charge in [-0.1, -0.05) is 0 Å². The molecule has 2 N–H and O–H groups in total. The second-order valence-electron chi connectivity index (χ2n) is 3.39. The van der Waals surface area contributed by atoms with Gasteiger partial charge in [0.25, 0.3) is 0 Å². The molecule has 1 saturated heterocycles. The Morgan fingerprint density at radius 1 is 1.00 bits per heavy atom. The van der Waals surface area contributed by atoms with Crippen LogP contribution in [0.3, 0.4) is 0 Å². The van der Waals surface area contributed by atoms with E-state index in [9.17, 15) is 17.6 Å². The number of halogens is 4. The molecule has 1 fully saturated rings. The molecule has 0 saturated carbocycles. The largest absolute Gasteiger partial charge is 0.417 e. The number of alkyl halides is 3. The van der Waals surface area contributed by atoms with Crippen molar-refractivity contribution in [3.05, 3.63) is 29.8 Å². The summed E-state index contributed by atoms with van der Waals surface area (Å²) < 4.78 is 47.4. The number of piperazine rings is 1. The summed E-state index contributed by atoms with van der Waals surface area (Å²) in [6, 6.07) is 0.396. The minimum Gasteiger partial charge on any atom is -0.314 e. The average molecular weight is 251 g/mol. The first-order chi connectivity index (χ1) is 8.00. The summed E-state index contributed by atoms with van der Waals surface area (Å²) in [6.07, 6.45) is -3.23. The summed E-state index contributed by atoms with van der Waals surface area (Å²) in [6.45, 7) is 4.56. The minimum atomic E-state index is -4.52. The van der Waals surface area contributed by atoms with Crippen LogP contribution in [0.5, 0.6) is 0 Å². The summed E-state index contributed by atoms with van der Waals surface area (Å²) in [5.74, 6) is -0.986. The molecule has 0 atom stereocenters. The van der Waals surface area contributed by atoms with E-state index in [1.165, 1.54) is 0 Å². The molecule has 7 heteroatoms. The molecule has 1 aromatic rings. The molecule has 0 spiro atoms. The molecule has 1 aliphatic rings. The van der Waals surface area contributed by atoms with Crippen LogP contribution in [0.4, 0.5) is 17.6 Å². The third-order valence-electron chi connectivity index (χ3n) is 1.99. The zero-order valence-electron chi connectivity index (χ0n) is 9.02. The highest BCUT2D eigenvalue weighted by atomic mass is 19.4.